The minimum absolute atomic E-state index is 0. The van der Waals surface area contributed by atoms with Gasteiger partial charge in [-0.05, 0) is 64.7 Å². The fourth-order valence-electron chi connectivity index (χ4n) is 3.06. The predicted octanol–water partition coefficient (Wildman–Crippen LogP) is -4.07. The molecule has 0 aromatic rings. The van der Waals surface area contributed by atoms with Gasteiger partial charge in [-0.15, -0.1) is 0 Å². The number of carbonyl (C=O) groups is 3. The third-order valence-corrected chi connectivity index (χ3v) is 4.83. The normalized spacial score (nSPS) is 12.7. The molecule has 0 fully saturated rings. The number of aliphatic hydroxyl groups excluding tert-OH is 1. The van der Waals surface area contributed by atoms with Gasteiger partial charge in [-0.2, -0.15) is 0 Å². The quantitative estimate of drug-likeness (QED) is 0.103. The van der Waals surface area contributed by atoms with Gasteiger partial charge in [0.1, 0.15) is 0 Å². The zero-order chi connectivity index (χ0) is 23.3. The van der Waals surface area contributed by atoms with Crippen molar-refractivity contribution in [3.05, 3.63) is 24.3 Å². The minimum atomic E-state index is -1.63. The van der Waals surface area contributed by atoms with Crippen molar-refractivity contribution in [2.45, 2.75) is 109 Å². The number of aliphatic carboxylic acids is 2. The largest absolute Gasteiger partial charge is 1.00 e. The van der Waals surface area contributed by atoms with E-state index in [1.165, 1.54) is 25.7 Å². The van der Waals surface area contributed by atoms with Gasteiger partial charge in [0.2, 0.25) is 5.91 Å². The van der Waals surface area contributed by atoms with Gasteiger partial charge in [-0.3, -0.25) is 4.79 Å². The summed E-state index contributed by atoms with van der Waals surface area (Å²) in [5.41, 5.74) is 0. The van der Waals surface area contributed by atoms with Crippen LogP contribution in [0.25, 0.3) is 0 Å². The molecule has 0 aliphatic carbocycles. The Labute approximate surface area is 243 Å². The van der Waals surface area contributed by atoms with Crippen LogP contribution in [0.1, 0.15) is 96.8 Å². The van der Waals surface area contributed by atoms with Gasteiger partial charge in [0, 0.05) is 18.8 Å². The molecule has 0 bridgehead atoms. The molecule has 0 saturated heterocycles. The summed E-state index contributed by atoms with van der Waals surface area (Å²) in [6.07, 6.45) is 20.1. The molecule has 7 nitrogen and oxygen atoms in total. The zero-order valence-electron chi connectivity index (χ0n) is 20.9. The molecule has 0 radical (unpaired) electrons. The van der Waals surface area contributed by atoms with Crippen molar-refractivity contribution in [2.75, 3.05) is 0 Å². The fourth-order valence-corrected chi connectivity index (χ4v) is 3.06. The summed E-state index contributed by atoms with van der Waals surface area (Å²) in [4.78, 5) is 32.9. The average Bonchev–Trinajstić information content (AvgIpc) is 2.69. The van der Waals surface area contributed by atoms with E-state index in [0.717, 1.165) is 38.5 Å². The van der Waals surface area contributed by atoms with Gasteiger partial charge in [-0.25, -0.2) is 0 Å². The second kappa shape index (κ2) is 26.5. The van der Waals surface area contributed by atoms with Gasteiger partial charge in [0.05, 0.1) is 18.1 Å². The van der Waals surface area contributed by atoms with Gasteiger partial charge in [0.15, 0.2) is 0 Å². The van der Waals surface area contributed by atoms with Crippen molar-refractivity contribution in [2.24, 2.45) is 0 Å². The summed E-state index contributed by atoms with van der Waals surface area (Å²) in [6, 6.07) is -1.55. The molecule has 2 N–H and O–H groups in total. The summed E-state index contributed by atoms with van der Waals surface area (Å²) in [5, 5.41) is 32.6. The van der Waals surface area contributed by atoms with E-state index < -0.39 is 30.3 Å². The second-order valence-corrected chi connectivity index (χ2v) is 7.98. The van der Waals surface area contributed by atoms with E-state index >= 15 is 0 Å². The molecule has 0 aromatic carbocycles. The SMILES string of the molecule is C[C@H](O)CCC/C=C\CCCCCCC/C=C\CCCC(=O)N[C@@H](CC(=O)[O-])C(=O)[O-].[Na+].[Na+]. The Kier molecular flexibility index (Phi) is 30.0. The van der Waals surface area contributed by atoms with Gasteiger partial charge < -0.3 is 30.2 Å². The molecular weight excluding hydrogens is 444 g/mol. The summed E-state index contributed by atoms with van der Waals surface area (Å²) < 4.78 is 0. The Bertz CT molecular complexity index is 567. The third kappa shape index (κ3) is 28.0. The van der Waals surface area contributed by atoms with Crippen LogP contribution >= 0.6 is 0 Å². The number of hydrogen-bond acceptors (Lipinski definition) is 6. The van der Waals surface area contributed by atoms with E-state index in [4.69, 9.17) is 0 Å². The molecule has 0 unspecified atom stereocenters. The maximum Gasteiger partial charge on any atom is 1.00 e. The predicted molar refractivity (Wildman–Crippen MR) is 117 cm³/mol. The Morgan fingerprint density at radius 2 is 1.24 bits per heavy atom. The number of aliphatic hydroxyl groups is 1. The Balaban J connectivity index is -0.00000450. The monoisotopic (exact) mass is 483 g/mol. The van der Waals surface area contributed by atoms with Crippen LogP contribution < -0.4 is 74.6 Å². The number of unbranched alkanes of at least 4 members (excludes halogenated alkanes) is 8. The summed E-state index contributed by atoms with van der Waals surface area (Å²) in [6.45, 7) is 1.82. The van der Waals surface area contributed by atoms with E-state index in [1.807, 2.05) is 13.0 Å². The molecule has 178 valence electrons. The fraction of sp³-hybridized carbons (Fsp3) is 0.708. The van der Waals surface area contributed by atoms with Crippen molar-refractivity contribution in [1.29, 1.82) is 0 Å². The van der Waals surface area contributed by atoms with Crippen LogP contribution in [0.3, 0.4) is 0 Å². The molecule has 0 aliphatic rings. The Morgan fingerprint density at radius 3 is 1.70 bits per heavy atom. The van der Waals surface area contributed by atoms with Crippen molar-refractivity contribution < 1.29 is 88.8 Å². The molecular formula is C24H39NNa2O6. The van der Waals surface area contributed by atoms with Crippen LogP contribution in [-0.4, -0.2) is 35.1 Å². The molecule has 0 heterocycles. The first-order valence-corrected chi connectivity index (χ1v) is 11.5. The number of nitrogens with one attached hydrogen (secondary N) is 1. The van der Waals surface area contributed by atoms with Crippen molar-refractivity contribution in [3.8, 4) is 0 Å². The number of carbonyl (C=O) groups excluding carboxylic acids is 3. The van der Waals surface area contributed by atoms with Gasteiger partial charge in [0.25, 0.3) is 0 Å². The van der Waals surface area contributed by atoms with Crippen LogP contribution in [0.5, 0.6) is 0 Å². The number of carboxylic acid groups (broad SMARTS) is 2. The summed E-state index contributed by atoms with van der Waals surface area (Å²) in [7, 11) is 0. The average molecular weight is 484 g/mol. The summed E-state index contributed by atoms with van der Waals surface area (Å²) >= 11 is 0. The van der Waals surface area contributed by atoms with E-state index in [0.29, 0.717) is 12.8 Å². The molecule has 9 heteroatoms. The van der Waals surface area contributed by atoms with Crippen LogP contribution in [0.15, 0.2) is 24.3 Å². The topological polar surface area (TPSA) is 130 Å². The first-order chi connectivity index (χ1) is 14.8. The second-order valence-electron chi connectivity index (χ2n) is 7.98. The minimum Gasteiger partial charge on any atom is -0.550 e. The Hall–Kier alpha value is -0.150. The summed E-state index contributed by atoms with van der Waals surface area (Å²) in [5.74, 6) is -3.68. The third-order valence-electron chi connectivity index (χ3n) is 4.83. The van der Waals surface area contributed by atoms with Crippen LogP contribution in [0, 0.1) is 0 Å². The molecule has 0 rings (SSSR count). The van der Waals surface area contributed by atoms with Crippen molar-refractivity contribution in [1.82, 2.24) is 5.32 Å². The van der Waals surface area contributed by atoms with E-state index in [-0.39, 0.29) is 71.6 Å². The number of hydrogen-bond donors (Lipinski definition) is 2. The maximum absolute atomic E-state index is 11.7. The standard InChI is InChI=1S/C24H41NO6.2Na/c1-20(26)17-15-13-11-9-7-5-3-2-4-6-8-10-12-14-16-18-22(27)25-21(24(30)31)19-23(28)29;;/h9-12,20-21,26H,2-8,13-19H2,1H3,(H,25,27)(H,28,29)(H,30,31);;/q;2*+1/p-2/b11-9-,12-10-;;/t20-,21-;;/m0../s1. The smallest absolute Gasteiger partial charge is 0.550 e. The van der Waals surface area contributed by atoms with Crippen LogP contribution in [0.2, 0.25) is 0 Å². The Morgan fingerprint density at radius 1 is 0.788 bits per heavy atom. The van der Waals surface area contributed by atoms with E-state index in [2.05, 4.69) is 23.5 Å². The molecule has 0 spiro atoms. The van der Waals surface area contributed by atoms with E-state index in [1.54, 1.807) is 0 Å². The number of carboxylic acids is 2. The first-order valence-electron chi connectivity index (χ1n) is 11.5. The molecule has 0 aliphatic heterocycles. The van der Waals surface area contributed by atoms with Crippen molar-refractivity contribution >= 4 is 17.8 Å². The number of allylic oxidation sites excluding steroid dienone is 4. The van der Waals surface area contributed by atoms with Gasteiger partial charge in [-0.1, -0.05) is 43.6 Å². The molecule has 1 amide bonds. The molecule has 0 saturated carbocycles. The van der Waals surface area contributed by atoms with Gasteiger partial charge >= 0.3 is 59.1 Å². The number of amides is 1. The molecule has 0 aromatic heterocycles. The first kappa shape index (κ1) is 37.4. The number of rotatable bonds is 20. The molecule has 2 atom stereocenters. The maximum atomic E-state index is 11.7. The van der Waals surface area contributed by atoms with Crippen molar-refractivity contribution in [3.63, 3.8) is 0 Å². The zero-order valence-corrected chi connectivity index (χ0v) is 24.9. The van der Waals surface area contributed by atoms with Crippen LogP contribution in [-0.2, 0) is 14.4 Å². The van der Waals surface area contributed by atoms with E-state index in [9.17, 15) is 29.7 Å². The molecule has 33 heavy (non-hydrogen) atoms. The van der Waals surface area contributed by atoms with Crippen LogP contribution in [0.4, 0.5) is 0 Å².